The van der Waals surface area contributed by atoms with Gasteiger partial charge in [-0.1, -0.05) is 91.1 Å². The fourth-order valence-corrected chi connectivity index (χ4v) is 11.1. The number of nitrogens with one attached hydrogen (secondary N) is 4. The quantitative estimate of drug-likeness (QED) is 0.0910. The summed E-state index contributed by atoms with van der Waals surface area (Å²) in [6.45, 7) is 8.78. The van der Waals surface area contributed by atoms with Gasteiger partial charge in [-0.2, -0.15) is 0 Å². The van der Waals surface area contributed by atoms with Crippen LogP contribution in [0.1, 0.15) is 49.0 Å². The molecule has 5 aliphatic carbocycles. The van der Waals surface area contributed by atoms with E-state index in [0.29, 0.717) is 0 Å². The third-order valence-electron chi connectivity index (χ3n) is 14.0. The molecule has 0 amide bonds. The number of benzene rings is 4. The highest BCUT2D eigenvalue weighted by atomic mass is 15.2. The normalized spacial score (nSPS) is 23.7. The van der Waals surface area contributed by atoms with Crippen molar-refractivity contribution in [3.63, 3.8) is 0 Å². The molecule has 7 unspecified atom stereocenters. The molecule has 10 nitrogen and oxygen atoms in total. The van der Waals surface area contributed by atoms with Crippen molar-refractivity contribution >= 4 is 44.1 Å². The molecule has 4 heterocycles. The second-order valence-corrected chi connectivity index (χ2v) is 18.3. The van der Waals surface area contributed by atoms with E-state index < -0.39 is 0 Å². The van der Waals surface area contributed by atoms with Gasteiger partial charge in [0, 0.05) is 13.1 Å². The van der Waals surface area contributed by atoms with E-state index in [1.807, 2.05) is 66.7 Å². The molecule has 4 aromatic heterocycles. The molecule has 2 saturated carbocycles. The van der Waals surface area contributed by atoms with Crippen molar-refractivity contribution in [2.45, 2.75) is 51.9 Å². The fourth-order valence-electron chi connectivity index (χ4n) is 11.1. The second kappa shape index (κ2) is 17.4. The van der Waals surface area contributed by atoms with Crippen LogP contribution in [-0.2, 0) is 26.2 Å². The first-order chi connectivity index (χ1) is 31.1. The number of nitrogens with zero attached hydrogens (tertiary/aromatic N) is 6. The average Bonchev–Trinajstić information content (AvgIpc) is 4.15. The molecule has 4 aromatic carbocycles. The van der Waals surface area contributed by atoms with Gasteiger partial charge in [-0.05, 0) is 116 Å². The van der Waals surface area contributed by atoms with E-state index in [-0.39, 0.29) is 0 Å². The summed E-state index contributed by atoms with van der Waals surface area (Å²) in [7, 11) is 0. The summed E-state index contributed by atoms with van der Waals surface area (Å²) in [5.41, 5.74) is 8.40. The third-order valence-corrected chi connectivity index (χ3v) is 14.0. The molecule has 2 fully saturated rings. The summed E-state index contributed by atoms with van der Waals surface area (Å²) in [5, 5.41) is 0. The molecule has 5 aliphatic rings. The van der Waals surface area contributed by atoms with E-state index >= 15 is 0 Å². The summed E-state index contributed by atoms with van der Waals surface area (Å²) in [6.07, 6.45) is 21.9. The van der Waals surface area contributed by atoms with Gasteiger partial charge in [0.2, 0.25) is 0 Å². The first-order valence-corrected chi connectivity index (χ1v) is 22.9. The number of allylic oxidation sites excluding steroid dienone is 6. The Labute approximate surface area is 368 Å². The Hall–Kier alpha value is -6.36. The molecule has 63 heavy (non-hydrogen) atoms. The minimum atomic E-state index is 0.720. The lowest BCUT2D eigenvalue weighted by molar-refractivity contribution is 0.192. The molecular weight excluding hydrogens is 777 g/mol. The van der Waals surface area contributed by atoms with E-state index in [4.69, 9.17) is 9.97 Å². The Morgan fingerprint density at radius 2 is 0.968 bits per heavy atom. The highest BCUT2D eigenvalue weighted by Gasteiger charge is 2.44. The Balaban J connectivity index is 0.000000117. The van der Waals surface area contributed by atoms with Gasteiger partial charge in [-0.25, -0.2) is 19.9 Å². The van der Waals surface area contributed by atoms with Crippen LogP contribution in [0, 0.1) is 41.4 Å². The van der Waals surface area contributed by atoms with Gasteiger partial charge in [0.25, 0.3) is 0 Å². The van der Waals surface area contributed by atoms with Crippen LogP contribution in [0.5, 0.6) is 0 Å². The van der Waals surface area contributed by atoms with Crippen molar-refractivity contribution in [1.29, 1.82) is 0 Å². The Bertz CT molecular complexity index is 2660. The minimum absolute atomic E-state index is 0.720. The summed E-state index contributed by atoms with van der Waals surface area (Å²) < 4.78 is 0. The molecule has 0 radical (unpaired) electrons. The number of hydrogen-bond acceptors (Lipinski definition) is 6. The molecule has 0 spiro atoms. The maximum absolute atomic E-state index is 4.82. The van der Waals surface area contributed by atoms with Gasteiger partial charge < -0.3 is 19.9 Å². The lowest BCUT2D eigenvalue weighted by Gasteiger charge is -2.27. The third kappa shape index (κ3) is 8.57. The molecule has 10 heteroatoms. The maximum Gasteiger partial charge on any atom is 0.121 e. The van der Waals surface area contributed by atoms with Gasteiger partial charge >= 0.3 is 0 Å². The summed E-state index contributed by atoms with van der Waals surface area (Å²) in [6, 6.07) is 32.7. The standard InChI is InChI=1S/C24H25N5.C19H19N5.C10H12/c1-2-6-20-19(5-1)25-23(26-20)14-29(13-18-12-16-9-10-17(18)11-16)15-24-27-21-7-3-4-8-22(21)28-24;1-2-11-24(12-18-20-14-7-3-4-8-15(14)21-18)13-19-22-16-9-5-6-10-17(16)23-19;1-2-9-7-4-5-8(6-7)10(9)3-1/h1-10,16-18H,11-15H2,(H,25,26)(H,27,28);2-10H,1,11-13H2,(H,20,21)(H,22,23);1-2,4-5,7-10H,3,6H2. The monoisotopic (exact) mass is 832 g/mol. The van der Waals surface area contributed by atoms with E-state index in [0.717, 1.165) is 148 Å². The molecule has 7 atom stereocenters. The molecule has 0 saturated heterocycles. The first kappa shape index (κ1) is 39.5. The Morgan fingerprint density at radius 3 is 1.40 bits per heavy atom. The predicted octanol–water partition coefficient (Wildman–Crippen LogP) is 10.7. The highest BCUT2D eigenvalue weighted by Crippen LogP contribution is 2.52. The lowest BCUT2D eigenvalue weighted by atomic mass is 9.86. The lowest BCUT2D eigenvalue weighted by Crippen LogP contribution is -2.31. The van der Waals surface area contributed by atoms with Crippen molar-refractivity contribution in [3.05, 3.63) is 169 Å². The van der Waals surface area contributed by atoms with Crippen molar-refractivity contribution in [1.82, 2.24) is 49.7 Å². The largest absolute Gasteiger partial charge is 0.341 e. The van der Waals surface area contributed by atoms with Crippen LogP contribution in [-0.4, -0.2) is 62.8 Å². The zero-order chi connectivity index (χ0) is 42.1. The van der Waals surface area contributed by atoms with Crippen molar-refractivity contribution in [2.24, 2.45) is 41.4 Å². The predicted molar refractivity (Wildman–Crippen MR) is 253 cm³/mol. The van der Waals surface area contributed by atoms with Gasteiger partial charge in [0.15, 0.2) is 0 Å². The SMILES string of the molecule is C1=CC2C3C=CC(C3)C2C1.C1=CC2CC1CC2CN(Cc1nc2ccccc2[nH]1)Cc1nc2ccccc2[nH]1.C=CCN(Cc1nc2ccccc2[nH]1)Cc1nc2ccccc2[nH]1. The van der Waals surface area contributed by atoms with Crippen molar-refractivity contribution in [3.8, 4) is 0 Å². The van der Waals surface area contributed by atoms with Gasteiger partial charge in [-0.15, -0.1) is 6.58 Å². The van der Waals surface area contributed by atoms with Crippen LogP contribution < -0.4 is 0 Å². The molecule has 13 rings (SSSR count). The highest BCUT2D eigenvalue weighted by molar-refractivity contribution is 5.76. The number of aromatic amines is 4. The van der Waals surface area contributed by atoms with Gasteiger partial charge in [0.1, 0.15) is 23.3 Å². The van der Waals surface area contributed by atoms with E-state index in [1.54, 1.807) is 0 Å². The summed E-state index contributed by atoms with van der Waals surface area (Å²) in [5.74, 6) is 10.1. The number of imidazole rings is 4. The maximum atomic E-state index is 4.82. The topological polar surface area (TPSA) is 121 Å². The van der Waals surface area contributed by atoms with Crippen LogP contribution in [0.2, 0.25) is 0 Å². The Kier molecular flexibility index (Phi) is 10.9. The smallest absolute Gasteiger partial charge is 0.121 e. The van der Waals surface area contributed by atoms with Crippen LogP contribution in [0.4, 0.5) is 0 Å². The molecule has 8 aromatic rings. The number of para-hydroxylation sites is 8. The zero-order valence-electron chi connectivity index (χ0n) is 35.8. The van der Waals surface area contributed by atoms with E-state index in [1.165, 1.54) is 25.7 Å². The van der Waals surface area contributed by atoms with E-state index in [2.05, 4.69) is 119 Å². The molecule has 318 valence electrons. The molecular formula is C53H56N10. The minimum Gasteiger partial charge on any atom is -0.341 e. The number of hydrogen-bond donors (Lipinski definition) is 4. The number of fused-ring (bicyclic) bond motifs is 11. The zero-order valence-corrected chi connectivity index (χ0v) is 35.8. The second-order valence-electron chi connectivity index (χ2n) is 18.3. The van der Waals surface area contributed by atoms with Crippen LogP contribution >= 0.6 is 0 Å². The van der Waals surface area contributed by atoms with Crippen LogP contribution in [0.3, 0.4) is 0 Å². The molecule has 0 aliphatic heterocycles. The summed E-state index contributed by atoms with van der Waals surface area (Å²) >= 11 is 0. The fraction of sp³-hybridized carbons (Fsp3) is 0.321. The number of rotatable bonds is 12. The van der Waals surface area contributed by atoms with Gasteiger partial charge in [0.05, 0.1) is 70.3 Å². The Morgan fingerprint density at radius 1 is 0.508 bits per heavy atom. The van der Waals surface area contributed by atoms with E-state index in [9.17, 15) is 0 Å². The van der Waals surface area contributed by atoms with Gasteiger partial charge in [-0.3, -0.25) is 9.80 Å². The molecule has 4 N–H and O–H groups in total. The van der Waals surface area contributed by atoms with Crippen molar-refractivity contribution in [2.75, 3.05) is 13.1 Å². The summed E-state index contributed by atoms with van der Waals surface area (Å²) in [4.78, 5) is 37.5. The van der Waals surface area contributed by atoms with Crippen LogP contribution in [0.15, 0.2) is 146 Å². The molecule has 4 bridgehead atoms. The average molecular weight is 833 g/mol. The van der Waals surface area contributed by atoms with Crippen LogP contribution in [0.25, 0.3) is 44.1 Å². The first-order valence-electron chi connectivity index (χ1n) is 22.9. The number of aromatic nitrogens is 8. The number of H-pyrrole nitrogens is 4. The van der Waals surface area contributed by atoms with Crippen molar-refractivity contribution < 1.29 is 0 Å².